The Bertz CT molecular complexity index is 779. The number of carbonyl (C=O) groups is 2. The van der Waals surface area contributed by atoms with Gasteiger partial charge in [0.25, 0.3) is 0 Å². The quantitative estimate of drug-likeness (QED) is 0.921. The van der Waals surface area contributed by atoms with E-state index in [1.54, 1.807) is 12.1 Å². The van der Waals surface area contributed by atoms with Crippen molar-refractivity contribution in [2.75, 3.05) is 22.5 Å². The van der Waals surface area contributed by atoms with Crippen LogP contribution < -0.4 is 10.2 Å². The van der Waals surface area contributed by atoms with E-state index >= 15 is 0 Å². The number of anilines is 2. The molecule has 3 rings (SSSR count). The number of nitrogens with one attached hydrogen (secondary N) is 1. The SMILES string of the molecule is Cc1ccc(NC(=O)CN2C(=O)CSc3ccccc32)cc1Cl. The second kappa shape index (κ2) is 6.64. The van der Waals surface area contributed by atoms with E-state index in [4.69, 9.17) is 11.6 Å². The van der Waals surface area contributed by atoms with Crippen LogP contribution in [0.15, 0.2) is 47.4 Å². The molecule has 0 spiro atoms. The van der Waals surface area contributed by atoms with Gasteiger partial charge in [-0.15, -0.1) is 11.8 Å². The van der Waals surface area contributed by atoms with Gasteiger partial charge in [-0.1, -0.05) is 29.8 Å². The average Bonchev–Trinajstić information content (AvgIpc) is 2.54. The molecule has 0 aliphatic carbocycles. The fourth-order valence-corrected chi connectivity index (χ4v) is 3.46. The van der Waals surface area contributed by atoms with Gasteiger partial charge < -0.3 is 10.2 Å². The van der Waals surface area contributed by atoms with Crippen molar-refractivity contribution in [1.29, 1.82) is 0 Å². The molecule has 0 atom stereocenters. The van der Waals surface area contributed by atoms with Crippen LogP contribution in [0.1, 0.15) is 5.56 Å². The molecular formula is C17H15ClN2O2S. The maximum atomic E-state index is 12.3. The Labute approximate surface area is 143 Å². The number of thioether (sulfide) groups is 1. The molecule has 23 heavy (non-hydrogen) atoms. The molecule has 0 saturated heterocycles. The number of fused-ring (bicyclic) bond motifs is 1. The molecule has 0 saturated carbocycles. The standard InChI is InChI=1S/C17H15ClN2O2S/c1-11-6-7-12(8-13(11)18)19-16(21)9-20-14-4-2-3-5-15(14)23-10-17(20)22/h2-8H,9-10H2,1H3,(H,19,21). The van der Waals surface area contributed by atoms with Gasteiger partial charge in [-0.3, -0.25) is 9.59 Å². The van der Waals surface area contributed by atoms with E-state index in [0.29, 0.717) is 16.5 Å². The number of rotatable bonds is 3. The van der Waals surface area contributed by atoms with Crippen molar-refractivity contribution in [2.24, 2.45) is 0 Å². The van der Waals surface area contributed by atoms with Crippen LogP contribution in [0.2, 0.25) is 5.02 Å². The number of para-hydroxylation sites is 1. The maximum Gasteiger partial charge on any atom is 0.244 e. The van der Waals surface area contributed by atoms with Crippen LogP contribution in [-0.4, -0.2) is 24.1 Å². The summed E-state index contributed by atoms with van der Waals surface area (Å²) in [6.07, 6.45) is 0. The lowest BCUT2D eigenvalue weighted by molar-refractivity contribution is -0.120. The Morgan fingerprint density at radius 1 is 1.30 bits per heavy atom. The number of amides is 2. The number of carbonyl (C=O) groups excluding carboxylic acids is 2. The molecule has 2 aromatic rings. The third-order valence-electron chi connectivity index (χ3n) is 3.57. The lowest BCUT2D eigenvalue weighted by Crippen LogP contribution is -2.41. The summed E-state index contributed by atoms with van der Waals surface area (Å²) in [5, 5.41) is 3.38. The van der Waals surface area contributed by atoms with E-state index in [2.05, 4.69) is 5.32 Å². The molecule has 0 unspecified atom stereocenters. The first-order valence-corrected chi connectivity index (χ1v) is 8.49. The van der Waals surface area contributed by atoms with Crippen molar-refractivity contribution in [3.8, 4) is 0 Å². The summed E-state index contributed by atoms with van der Waals surface area (Å²) in [5.41, 5.74) is 2.35. The molecule has 0 fully saturated rings. The van der Waals surface area contributed by atoms with Crippen LogP contribution in [0, 0.1) is 6.92 Å². The van der Waals surface area contributed by atoms with Gasteiger partial charge in [0, 0.05) is 15.6 Å². The normalized spacial score (nSPS) is 13.7. The molecule has 1 aliphatic rings. The molecular weight excluding hydrogens is 332 g/mol. The Kier molecular flexibility index (Phi) is 4.59. The second-order valence-electron chi connectivity index (χ2n) is 5.25. The molecule has 1 N–H and O–H groups in total. The molecule has 0 radical (unpaired) electrons. The van der Waals surface area contributed by atoms with Crippen LogP contribution in [0.25, 0.3) is 0 Å². The largest absolute Gasteiger partial charge is 0.324 e. The fourth-order valence-electron chi connectivity index (χ4n) is 2.34. The molecule has 0 aromatic heterocycles. The topological polar surface area (TPSA) is 49.4 Å². The number of halogens is 1. The zero-order valence-electron chi connectivity index (χ0n) is 12.5. The fraction of sp³-hybridized carbons (Fsp3) is 0.176. The number of hydrogen-bond acceptors (Lipinski definition) is 3. The van der Waals surface area contributed by atoms with Gasteiger partial charge >= 0.3 is 0 Å². The summed E-state index contributed by atoms with van der Waals surface area (Å²) in [7, 11) is 0. The molecule has 2 aromatic carbocycles. The predicted molar refractivity (Wildman–Crippen MR) is 94.3 cm³/mol. The van der Waals surface area contributed by atoms with E-state index in [0.717, 1.165) is 16.1 Å². The Hall–Kier alpha value is -1.98. The zero-order valence-corrected chi connectivity index (χ0v) is 14.1. The van der Waals surface area contributed by atoms with Crippen molar-refractivity contribution in [2.45, 2.75) is 11.8 Å². The number of benzene rings is 2. The number of aryl methyl sites for hydroxylation is 1. The van der Waals surface area contributed by atoms with Crippen molar-refractivity contribution in [1.82, 2.24) is 0 Å². The van der Waals surface area contributed by atoms with Crippen molar-refractivity contribution in [3.63, 3.8) is 0 Å². The van der Waals surface area contributed by atoms with Gasteiger partial charge in [0.1, 0.15) is 6.54 Å². The maximum absolute atomic E-state index is 12.3. The van der Waals surface area contributed by atoms with E-state index in [1.165, 1.54) is 16.7 Å². The summed E-state index contributed by atoms with van der Waals surface area (Å²) < 4.78 is 0. The first kappa shape index (κ1) is 15.9. The van der Waals surface area contributed by atoms with Gasteiger partial charge in [0.15, 0.2) is 0 Å². The van der Waals surface area contributed by atoms with Crippen LogP contribution in [-0.2, 0) is 9.59 Å². The van der Waals surface area contributed by atoms with E-state index in [1.807, 2.05) is 37.3 Å². The Morgan fingerprint density at radius 2 is 2.09 bits per heavy atom. The second-order valence-corrected chi connectivity index (χ2v) is 6.67. The summed E-state index contributed by atoms with van der Waals surface area (Å²) in [6, 6.07) is 12.9. The molecule has 118 valence electrons. The summed E-state index contributed by atoms with van der Waals surface area (Å²) in [6.45, 7) is 1.89. The lowest BCUT2D eigenvalue weighted by Gasteiger charge is -2.28. The predicted octanol–water partition coefficient (Wildman–Crippen LogP) is 3.73. The van der Waals surface area contributed by atoms with E-state index in [-0.39, 0.29) is 18.4 Å². The summed E-state index contributed by atoms with van der Waals surface area (Å²) in [5.74, 6) is 0.0338. The first-order chi connectivity index (χ1) is 11.0. The minimum absolute atomic E-state index is 0.0120. The average molecular weight is 347 g/mol. The molecule has 0 bridgehead atoms. The van der Waals surface area contributed by atoms with E-state index < -0.39 is 0 Å². The minimum Gasteiger partial charge on any atom is -0.324 e. The van der Waals surface area contributed by atoms with Crippen molar-refractivity contribution in [3.05, 3.63) is 53.1 Å². The highest BCUT2D eigenvalue weighted by atomic mass is 35.5. The highest BCUT2D eigenvalue weighted by Gasteiger charge is 2.26. The van der Waals surface area contributed by atoms with Crippen molar-refractivity contribution < 1.29 is 9.59 Å². The number of nitrogens with zero attached hydrogens (tertiary/aromatic N) is 1. The highest BCUT2D eigenvalue weighted by Crippen LogP contribution is 2.34. The summed E-state index contributed by atoms with van der Waals surface area (Å²) in [4.78, 5) is 27.0. The molecule has 1 heterocycles. The third-order valence-corrected chi connectivity index (χ3v) is 5.02. The van der Waals surface area contributed by atoms with Gasteiger partial charge in [0.05, 0.1) is 11.4 Å². The van der Waals surface area contributed by atoms with Crippen LogP contribution in [0.3, 0.4) is 0 Å². The van der Waals surface area contributed by atoms with Crippen LogP contribution >= 0.6 is 23.4 Å². The third kappa shape index (κ3) is 3.51. The smallest absolute Gasteiger partial charge is 0.244 e. The monoisotopic (exact) mass is 346 g/mol. The van der Waals surface area contributed by atoms with Gasteiger partial charge in [0.2, 0.25) is 11.8 Å². The van der Waals surface area contributed by atoms with Gasteiger partial charge in [-0.2, -0.15) is 0 Å². The van der Waals surface area contributed by atoms with Gasteiger partial charge in [-0.05, 0) is 36.8 Å². The van der Waals surface area contributed by atoms with Crippen LogP contribution in [0.5, 0.6) is 0 Å². The molecule has 2 amide bonds. The van der Waals surface area contributed by atoms with Crippen molar-refractivity contribution >= 4 is 46.6 Å². The number of hydrogen-bond donors (Lipinski definition) is 1. The Morgan fingerprint density at radius 3 is 2.87 bits per heavy atom. The molecule has 6 heteroatoms. The minimum atomic E-state index is -0.250. The molecule has 4 nitrogen and oxygen atoms in total. The summed E-state index contributed by atoms with van der Waals surface area (Å²) >= 11 is 7.56. The lowest BCUT2D eigenvalue weighted by atomic mass is 10.2. The Balaban J connectivity index is 1.75. The van der Waals surface area contributed by atoms with E-state index in [9.17, 15) is 9.59 Å². The first-order valence-electron chi connectivity index (χ1n) is 7.13. The van der Waals surface area contributed by atoms with Crippen LogP contribution in [0.4, 0.5) is 11.4 Å². The molecule has 1 aliphatic heterocycles. The van der Waals surface area contributed by atoms with Gasteiger partial charge in [-0.25, -0.2) is 0 Å². The zero-order chi connectivity index (χ0) is 16.4. The highest BCUT2D eigenvalue weighted by molar-refractivity contribution is 8.00.